The smallest absolute Gasteiger partial charge is 0.308 e. The molecule has 2 aromatic carbocycles. The zero-order valence-electron chi connectivity index (χ0n) is 19.3. The number of nitrogens with one attached hydrogen (secondary N) is 1. The number of hydrogen-bond donors (Lipinski definition) is 1. The van der Waals surface area contributed by atoms with Gasteiger partial charge in [0.1, 0.15) is 12.3 Å². The Kier molecular flexibility index (Phi) is 5.57. The highest BCUT2D eigenvalue weighted by Gasteiger charge is 2.55. The highest BCUT2D eigenvalue weighted by atomic mass is 32.2. The lowest BCUT2D eigenvalue weighted by molar-refractivity contribution is -0.116. The Morgan fingerprint density at radius 2 is 1.88 bits per heavy atom. The number of fused-ring (bicyclic) bond motifs is 6. The minimum absolute atomic E-state index is 0.0386. The van der Waals surface area contributed by atoms with Crippen molar-refractivity contribution >= 4 is 34.7 Å². The zero-order valence-corrected chi connectivity index (χ0v) is 21.0. The molecule has 0 radical (unpaired) electrons. The fourth-order valence-corrected chi connectivity index (χ4v) is 9.47. The van der Waals surface area contributed by atoms with Gasteiger partial charge in [-0.2, -0.15) is 0 Å². The van der Waals surface area contributed by atoms with Gasteiger partial charge in [0, 0.05) is 21.7 Å². The Hall–Kier alpha value is -2.51. The number of para-hydroxylation sites is 1. The van der Waals surface area contributed by atoms with E-state index in [9.17, 15) is 9.59 Å². The first-order valence-corrected chi connectivity index (χ1v) is 13.6. The number of rotatable bonds is 5. The van der Waals surface area contributed by atoms with E-state index in [-0.39, 0.29) is 23.2 Å². The summed E-state index contributed by atoms with van der Waals surface area (Å²) in [6, 6.07) is 16.1. The maximum atomic E-state index is 13.2. The molecule has 4 unspecified atom stereocenters. The van der Waals surface area contributed by atoms with Gasteiger partial charge in [-0.15, -0.1) is 11.8 Å². The van der Waals surface area contributed by atoms with Crippen molar-refractivity contribution in [2.75, 3.05) is 12.4 Å². The second-order valence-electron chi connectivity index (χ2n) is 9.73. The van der Waals surface area contributed by atoms with Crippen LogP contribution in [0.1, 0.15) is 41.2 Å². The third-order valence-electron chi connectivity index (χ3n) is 7.89. The number of anilines is 1. The monoisotopic (exact) mass is 492 g/mol. The van der Waals surface area contributed by atoms with Gasteiger partial charge in [-0.05, 0) is 73.3 Å². The van der Waals surface area contributed by atoms with Crippen LogP contribution >= 0.6 is 23.1 Å². The molecule has 34 heavy (non-hydrogen) atoms. The van der Waals surface area contributed by atoms with Gasteiger partial charge in [-0.25, -0.2) is 0 Å². The van der Waals surface area contributed by atoms with Crippen LogP contribution in [0.2, 0.25) is 0 Å². The maximum absolute atomic E-state index is 13.2. The average Bonchev–Trinajstić information content (AvgIpc) is 3.54. The number of nitrogens with zero attached hydrogens (tertiary/aromatic N) is 1. The van der Waals surface area contributed by atoms with E-state index in [0.717, 1.165) is 32.8 Å². The summed E-state index contributed by atoms with van der Waals surface area (Å²) in [5.74, 6) is 2.87. The molecule has 1 amide bonds. The number of amides is 1. The molecule has 3 aromatic rings. The van der Waals surface area contributed by atoms with Crippen molar-refractivity contribution < 1.29 is 9.53 Å². The molecule has 6 rings (SSSR count). The Labute approximate surface area is 207 Å². The lowest BCUT2D eigenvalue weighted by atomic mass is 9.75. The van der Waals surface area contributed by atoms with E-state index in [1.54, 1.807) is 11.7 Å². The molecule has 7 heteroatoms. The Bertz CT molecular complexity index is 1300. The fourth-order valence-electron chi connectivity index (χ4n) is 6.32. The van der Waals surface area contributed by atoms with Gasteiger partial charge < -0.3 is 10.1 Å². The van der Waals surface area contributed by atoms with E-state index in [1.807, 2.05) is 55.1 Å². The van der Waals surface area contributed by atoms with Crippen LogP contribution in [0.25, 0.3) is 0 Å². The summed E-state index contributed by atoms with van der Waals surface area (Å²) in [5, 5.41) is 4.51. The Balaban J connectivity index is 1.37. The first kappa shape index (κ1) is 22.0. The van der Waals surface area contributed by atoms with Crippen LogP contribution in [0.15, 0.2) is 58.4 Å². The lowest BCUT2D eigenvalue weighted by Crippen LogP contribution is -2.34. The predicted octanol–water partition coefficient (Wildman–Crippen LogP) is 5.52. The highest BCUT2D eigenvalue weighted by Crippen LogP contribution is 2.64. The lowest BCUT2D eigenvalue weighted by Gasteiger charge is -2.40. The predicted molar refractivity (Wildman–Crippen MR) is 137 cm³/mol. The SMILES string of the molecule is COc1ccc([C@H]2c3sc(=O)n(CC(=O)Nc4ccccc4C)c3SC3C4CCC(C4)C32)cc1. The number of thioether (sulfide) groups is 1. The number of benzene rings is 2. The van der Waals surface area contributed by atoms with E-state index < -0.39 is 0 Å². The molecule has 0 saturated heterocycles. The zero-order chi connectivity index (χ0) is 23.4. The molecular formula is C27H28N2O3S2. The number of methoxy groups -OCH3 is 1. The average molecular weight is 493 g/mol. The largest absolute Gasteiger partial charge is 0.497 e. The van der Waals surface area contributed by atoms with Crippen molar-refractivity contribution in [1.82, 2.24) is 4.57 Å². The highest BCUT2D eigenvalue weighted by molar-refractivity contribution is 8.00. The molecule has 2 aliphatic carbocycles. The van der Waals surface area contributed by atoms with Gasteiger partial charge in [-0.1, -0.05) is 41.7 Å². The van der Waals surface area contributed by atoms with E-state index in [1.165, 1.54) is 36.2 Å². The van der Waals surface area contributed by atoms with Crippen molar-refractivity contribution in [3.8, 4) is 5.75 Å². The maximum Gasteiger partial charge on any atom is 0.308 e. The first-order valence-electron chi connectivity index (χ1n) is 11.9. The van der Waals surface area contributed by atoms with Gasteiger partial charge in [-0.3, -0.25) is 14.2 Å². The van der Waals surface area contributed by atoms with Gasteiger partial charge in [0.05, 0.1) is 12.1 Å². The summed E-state index contributed by atoms with van der Waals surface area (Å²) in [6.07, 6.45) is 3.87. The van der Waals surface area contributed by atoms with E-state index >= 15 is 0 Å². The molecule has 1 aliphatic heterocycles. The van der Waals surface area contributed by atoms with E-state index in [0.29, 0.717) is 17.1 Å². The van der Waals surface area contributed by atoms with Crippen LogP contribution in [0, 0.1) is 24.7 Å². The third kappa shape index (κ3) is 3.60. The fraction of sp³-hybridized carbons (Fsp3) is 0.407. The van der Waals surface area contributed by atoms with Crippen LogP contribution in [0.3, 0.4) is 0 Å². The molecule has 2 saturated carbocycles. The topological polar surface area (TPSA) is 60.3 Å². The van der Waals surface area contributed by atoms with Gasteiger partial charge in [0.15, 0.2) is 0 Å². The summed E-state index contributed by atoms with van der Waals surface area (Å²) in [6.45, 7) is 2.02. The minimum atomic E-state index is -0.159. The summed E-state index contributed by atoms with van der Waals surface area (Å²) in [5.41, 5.74) is 3.05. The number of hydrogen-bond acceptors (Lipinski definition) is 5. The summed E-state index contributed by atoms with van der Waals surface area (Å²) in [7, 11) is 1.68. The molecule has 5 atom stereocenters. The second kappa shape index (κ2) is 8.61. The molecule has 5 nitrogen and oxygen atoms in total. The van der Waals surface area contributed by atoms with E-state index in [2.05, 4.69) is 17.4 Å². The molecule has 2 heterocycles. The number of aryl methyl sites for hydroxylation is 1. The first-order chi connectivity index (χ1) is 16.5. The number of carbonyl (C=O) groups is 1. The number of carbonyl (C=O) groups excluding carboxylic acids is 1. The van der Waals surface area contributed by atoms with Crippen LogP contribution in [0.4, 0.5) is 5.69 Å². The second-order valence-corrected chi connectivity index (χ2v) is 11.9. The van der Waals surface area contributed by atoms with Crippen LogP contribution in [0.5, 0.6) is 5.75 Å². The van der Waals surface area contributed by atoms with Gasteiger partial charge >= 0.3 is 4.87 Å². The van der Waals surface area contributed by atoms with Gasteiger partial charge in [0.2, 0.25) is 5.91 Å². The quantitative estimate of drug-likeness (QED) is 0.510. The third-order valence-corrected chi connectivity index (χ3v) is 10.7. The van der Waals surface area contributed by atoms with Crippen molar-refractivity contribution in [2.24, 2.45) is 17.8 Å². The molecule has 1 aromatic heterocycles. The Morgan fingerprint density at radius 1 is 1.12 bits per heavy atom. The van der Waals surface area contributed by atoms with Crippen molar-refractivity contribution in [1.29, 1.82) is 0 Å². The summed E-state index contributed by atoms with van der Waals surface area (Å²) in [4.78, 5) is 27.3. The Morgan fingerprint density at radius 3 is 2.65 bits per heavy atom. The van der Waals surface area contributed by atoms with Gasteiger partial charge in [0.25, 0.3) is 0 Å². The minimum Gasteiger partial charge on any atom is -0.497 e. The normalized spacial score (nSPS) is 26.7. The summed E-state index contributed by atoms with van der Waals surface area (Å²) < 4.78 is 7.11. The van der Waals surface area contributed by atoms with Crippen LogP contribution in [-0.4, -0.2) is 22.8 Å². The number of aromatic nitrogens is 1. The molecule has 2 fully saturated rings. The molecule has 3 aliphatic rings. The number of ether oxygens (including phenoxy) is 1. The van der Waals surface area contributed by atoms with Crippen molar-refractivity contribution in [3.63, 3.8) is 0 Å². The van der Waals surface area contributed by atoms with Crippen LogP contribution in [-0.2, 0) is 11.3 Å². The van der Waals surface area contributed by atoms with Crippen LogP contribution < -0.4 is 14.9 Å². The van der Waals surface area contributed by atoms with E-state index in [4.69, 9.17) is 4.74 Å². The van der Waals surface area contributed by atoms with Crippen molar-refractivity contribution in [3.05, 3.63) is 74.2 Å². The molecule has 2 bridgehead atoms. The van der Waals surface area contributed by atoms with Crippen molar-refractivity contribution in [2.45, 2.75) is 48.9 Å². The molecule has 1 N–H and O–H groups in total. The molecule has 0 spiro atoms. The molecular weight excluding hydrogens is 464 g/mol. The molecule has 176 valence electrons. The number of thiazole rings is 1. The standard InChI is InChI=1S/C27H28N2O3S2/c1-15-5-3-4-6-20(15)28-21(30)14-29-26-25(34-27(29)31)22(16-9-11-19(32-2)12-10-16)23-17-7-8-18(13-17)24(23)33-26/h3-6,9-12,17-18,22-24H,7-8,13-14H2,1-2H3,(H,28,30)/t17?,18?,22-,23?,24?/m1/s1. The summed E-state index contributed by atoms with van der Waals surface area (Å²) >= 11 is 3.20.